The van der Waals surface area contributed by atoms with E-state index in [-0.39, 0.29) is 32.2 Å². The summed E-state index contributed by atoms with van der Waals surface area (Å²) >= 11 is 0. The van der Waals surface area contributed by atoms with Gasteiger partial charge in [0.1, 0.15) is 13.2 Å². The third-order valence-electron chi connectivity index (χ3n) is 14.0. The summed E-state index contributed by atoms with van der Waals surface area (Å²) < 4.78 is 22.7. The van der Waals surface area contributed by atoms with Crippen LogP contribution in [0.4, 0.5) is 0 Å². The van der Waals surface area contributed by atoms with E-state index in [0.29, 0.717) is 23.9 Å². The molecule has 0 spiro atoms. The Morgan fingerprint density at radius 3 is 1.10 bits per heavy atom. The van der Waals surface area contributed by atoms with Crippen molar-refractivity contribution in [2.24, 2.45) is 0 Å². The Balaban J connectivity index is 3.91. The van der Waals surface area contributed by atoms with Crippen molar-refractivity contribution < 1.29 is 42.9 Å². The first-order chi connectivity index (χ1) is 37.6. The molecule has 0 saturated heterocycles. The summed E-state index contributed by atoms with van der Waals surface area (Å²) in [6.45, 7) is 4.65. The molecule has 0 amide bonds. The monoisotopic (exact) mass is 1080 g/mol. The molecule has 0 heterocycles. The van der Waals surface area contributed by atoms with E-state index in [1.165, 1.54) is 180 Å². The Labute approximate surface area is 475 Å². The maximum Gasteiger partial charge on any atom is 0.306 e. The Hall–Kier alpha value is -3.27. The lowest BCUT2D eigenvalue weighted by atomic mass is 10.0. The van der Waals surface area contributed by atoms with Crippen molar-refractivity contribution >= 4 is 17.9 Å². The molecule has 0 aliphatic carbocycles. The average molecular weight is 1080 g/mol. The van der Waals surface area contributed by atoms with Gasteiger partial charge in [-0.3, -0.25) is 9.59 Å². The molecule has 9 heteroatoms. The van der Waals surface area contributed by atoms with Gasteiger partial charge in [0.25, 0.3) is 0 Å². The molecule has 0 radical (unpaired) electrons. The number of carboxylic acids is 1. The summed E-state index contributed by atoms with van der Waals surface area (Å²) in [6.07, 6.45) is 74.2. The molecule has 0 N–H and O–H groups in total. The number of carbonyl (C=O) groups excluding carboxylic acids is 3. The fourth-order valence-electron chi connectivity index (χ4n) is 9.07. The summed E-state index contributed by atoms with van der Waals surface area (Å²) in [5.74, 6) is -2.27. The maximum atomic E-state index is 12.9. The van der Waals surface area contributed by atoms with Crippen molar-refractivity contribution in [2.45, 2.75) is 296 Å². The first-order valence-corrected chi connectivity index (χ1v) is 32.1. The number of quaternary nitrogens is 1. The van der Waals surface area contributed by atoms with Gasteiger partial charge in [-0.2, -0.15) is 0 Å². The fraction of sp³-hybridized carbons (Fsp3) is 0.779. The van der Waals surface area contributed by atoms with Gasteiger partial charge in [-0.15, -0.1) is 0 Å². The Bertz CT molecular complexity index is 1490. The third kappa shape index (κ3) is 60.2. The van der Waals surface area contributed by atoms with Gasteiger partial charge in [0.15, 0.2) is 12.4 Å². The molecule has 77 heavy (non-hydrogen) atoms. The second kappa shape index (κ2) is 58.9. The summed E-state index contributed by atoms with van der Waals surface area (Å²) in [4.78, 5) is 37.2. The molecule has 446 valence electrons. The smallest absolute Gasteiger partial charge is 0.306 e. The number of hydrogen-bond acceptors (Lipinski definition) is 8. The molecule has 0 aromatic rings. The normalized spacial score (nSPS) is 13.2. The van der Waals surface area contributed by atoms with Crippen LogP contribution in [0.5, 0.6) is 0 Å². The Kier molecular flexibility index (Phi) is 56.4. The molecular formula is C68H121NO8. The number of hydrogen-bond donors (Lipinski definition) is 0. The van der Waals surface area contributed by atoms with Crippen LogP contribution in [0.25, 0.3) is 0 Å². The predicted octanol–water partition coefficient (Wildman–Crippen LogP) is 18.0. The number of aliphatic carboxylic acids is 1. The van der Waals surface area contributed by atoms with E-state index in [1.54, 1.807) is 0 Å². The molecule has 0 aromatic heterocycles. The fourth-order valence-corrected chi connectivity index (χ4v) is 9.07. The third-order valence-corrected chi connectivity index (χ3v) is 14.0. The van der Waals surface area contributed by atoms with Crippen molar-refractivity contribution in [3.05, 3.63) is 72.9 Å². The van der Waals surface area contributed by atoms with Gasteiger partial charge in [-0.05, 0) is 64.2 Å². The van der Waals surface area contributed by atoms with E-state index in [9.17, 15) is 19.5 Å². The van der Waals surface area contributed by atoms with E-state index in [1.807, 2.05) is 21.1 Å². The standard InChI is InChI=1S/C68H121NO8/c1-6-8-10-12-14-16-18-19-20-21-22-23-24-25-26-27-28-29-30-31-32-33-34-35-36-37-38-39-40-41-42-43-44-45-46-47-49-51-53-55-57-59-66(71)77-64(63-76-68(67(72)73)74-61-60-69(3,4)5)62-75-65(70)58-56-54-52-50-48-17-15-13-11-9-7-2/h8,10,14,16,19-20,22-23,25-26,28-29,64,68H,6-7,9,11-13,15,17-18,21,24,27,30-63H2,1-5H3/b10-8-,16-14-,20-19-,23-22-,26-25-,29-28-. The number of rotatable bonds is 59. The second-order valence-electron chi connectivity index (χ2n) is 22.7. The lowest BCUT2D eigenvalue weighted by Crippen LogP contribution is -2.44. The number of likely N-dealkylation sites (N-methyl/N-ethyl adjacent to an activating group) is 1. The molecule has 0 saturated carbocycles. The van der Waals surface area contributed by atoms with Gasteiger partial charge in [-0.25, -0.2) is 0 Å². The van der Waals surface area contributed by atoms with Crippen LogP contribution in [-0.4, -0.2) is 82.3 Å². The van der Waals surface area contributed by atoms with Crippen LogP contribution in [0.1, 0.15) is 284 Å². The largest absolute Gasteiger partial charge is 0.545 e. The second-order valence-corrected chi connectivity index (χ2v) is 22.7. The minimum absolute atomic E-state index is 0.149. The van der Waals surface area contributed by atoms with E-state index >= 15 is 0 Å². The van der Waals surface area contributed by atoms with Crippen LogP contribution in [0, 0.1) is 0 Å². The molecule has 0 aromatic carbocycles. The SMILES string of the molecule is CC/C=C\C/C=C\C/C=C\C/C=C\C/C=C\C/C=C\CCCCCCCCCCCCCCCCCCCCCCCCC(=O)OC(COC(=O)CCCCCCCCCCCCC)COC(OCC[N+](C)(C)C)C(=O)[O-]. The predicted molar refractivity (Wildman–Crippen MR) is 325 cm³/mol. The minimum atomic E-state index is -1.62. The van der Waals surface area contributed by atoms with Gasteiger partial charge in [-0.1, -0.05) is 279 Å². The highest BCUT2D eigenvalue weighted by atomic mass is 16.7. The zero-order chi connectivity index (χ0) is 56.2. The van der Waals surface area contributed by atoms with Gasteiger partial charge >= 0.3 is 11.9 Å². The number of unbranched alkanes of at least 4 members (excludes halogenated alkanes) is 32. The number of ether oxygens (including phenoxy) is 4. The Morgan fingerprint density at radius 2 is 0.740 bits per heavy atom. The lowest BCUT2D eigenvalue weighted by Gasteiger charge is -2.26. The van der Waals surface area contributed by atoms with Crippen LogP contribution in [0.2, 0.25) is 0 Å². The van der Waals surface area contributed by atoms with Crippen LogP contribution in [-0.2, 0) is 33.3 Å². The lowest BCUT2D eigenvalue weighted by molar-refractivity contribution is -0.870. The first-order valence-electron chi connectivity index (χ1n) is 32.1. The molecule has 0 fully saturated rings. The summed E-state index contributed by atoms with van der Waals surface area (Å²) in [5, 5.41) is 11.8. The van der Waals surface area contributed by atoms with E-state index < -0.39 is 24.3 Å². The van der Waals surface area contributed by atoms with Crippen molar-refractivity contribution in [3.8, 4) is 0 Å². The van der Waals surface area contributed by atoms with Gasteiger partial charge < -0.3 is 33.3 Å². The molecule has 0 bridgehead atoms. The molecule has 2 atom stereocenters. The van der Waals surface area contributed by atoms with Crippen molar-refractivity contribution in [1.82, 2.24) is 0 Å². The number of allylic oxidation sites excluding steroid dienone is 12. The van der Waals surface area contributed by atoms with Crippen molar-refractivity contribution in [3.63, 3.8) is 0 Å². The van der Waals surface area contributed by atoms with Crippen LogP contribution < -0.4 is 5.11 Å². The molecule has 0 rings (SSSR count). The zero-order valence-corrected chi connectivity index (χ0v) is 50.8. The summed E-state index contributed by atoms with van der Waals surface area (Å²) in [7, 11) is 5.93. The van der Waals surface area contributed by atoms with Gasteiger partial charge in [0, 0.05) is 12.8 Å². The van der Waals surface area contributed by atoms with Crippen molar-refractivity contribution in [2.75, 3.05) is 47.5 Å². The number of esters is 2. The van der Waals surface area contributed by atoms with Crippen LogP contribution in [0.3, 0.4) is 0 Å². The number of carboxylic acid groups (broad SMARTS) is 1. The number of nitrogens with zero attached hydrogens (tertiary/aromatic N) is 1. The first kappa shape index (κ1) is 73.7. The highest BCUT2D eigenvalue weighted by molar-refractivity contribution is 5.70. The van der Waals surface area contributed by atoms with E-state index in [0.717, 1.165) is 70.6 Å². The quantitative estimate of drug-likeness (QED) is 0.0195. The van der Waals surface area contributed by atoms with Crippen LogP contribution in [0.15, 0.2) is 72.9 Å². The summed E-state index contributed by atoms with van der Waals surface area (Å²) in [6, 6.07) is 0. The molecule has 0 aliphatic heterocycles. The molecular weight excluding hydrogens is 959 g/mol. The van der Waals surface area contributed by atoms with E-state index in [4.69, 9.17) is 18.9 Å². The topological polar surface area (TPSA) is 111 Å². The molecule has 2 unspecified atom stereocenters. The maximum absolute atomic E-state index is 12.9. The highest BCUT2D eigenvalue weighted by Gasteiger charge is 2.22. The summed E-state index contributed by atoms with van der Waals surface area (Å²) in [5.41, 5.74) is 0. The van der Waals surface area contributed by atoms with Crippen LogP contribution >= 0.6 is 0 Å². The van der Waals surface area contributed by atoms with Crippen molar-refractivity contribution in [1.29, 1.82) is 0 Å². The van der Waals surface area contributed by atoms with E-state index in [2.05, 4.69) is 86.8 Å². The Morgan fingerprint density at radius 1 is 0.403 bits per heavy atom. The zero-order valence-electron chi connectivity index (χ0n) is 50.8. The molecule has 0 aliphatic rings. The minimum Gasteiger partial charge on any atom is -0.545 e. The van der Waals surface area contributed by atoms with Gasteiger partial charge in [0.2, 0.25) is 0 Å². The number of carbonyl (C=O) groups is 3. The highest BCUT2D eigenvalue weighted by Crippen LogP contribution is 2.17. The van der Waals surface area contributed by atoms with Gasteiger partial charge in [0.05, 0.1) is 40.3 Å². The average Bonchev–Trinajstić information content (AvgIpc) is 3.40. The molecule has 9 nitrogen and oxygen atoms in total.